The predicted molar refractivity (Wildman–Crippen MR) is 69.0 cm³/mol. The van der Waals surface area contributed by atoms with Crippen molar-refractivity contribution >= 4 is 23.5 Å². The fourth-order valence-electron chi connectivity index (χ4n) is 1.27. The van der Waals surface area contributed by atoms with Crippen molar-refractivity contribution in [2.45, 2.75) is 26.3 Å². The molecule has 0 fully saturated rings. The monoisotopic (exact) mass is 287 g/mol. The molecule has 0 aliphatic heterocycles. The van der Waals surface area contributed by atoms with E-state index in [1.54, 1.807) is 19.1 Å². The number of carbonyl (C=O) groups is 2. The Hall–Kier alpha value is -1.59. The number of quaternary nitrogens is 1. The molecule has 0 bridgehead atoms. The molecule has 1 rings (SSSR count). The van der Waals surface area contributed by atoms with Crippen LogP contribution in [-0.4, -0.2) is 18.5 Å². The van der Waals surface area contributed by atoms with E-state index in [0.29, 0.717) is 18.1 Å². The number of esters is 1. The van der Waals surface area contributed by atoms with Crippen molar-refractivity contribution in [3.05, 3.63) is 34.9 Å². The van der Waals surface area contributed by atoms with E-state index < -0.39 is 5.97 Å². The molecule has 0 saturated carbocycles. The van der Waals surface area contributed by atoms with Gasteiger partial charge in [-0.1, -0.05) is 23.7 Å². The number of halogens is 1. The molecule has 19 heavy (non-hydrogen) atoms. The van der Waals surface area contributed by atoms with E-state index >= 15 is 0 Å². The number of hydrogen-bond donors (Lipinski definition) is 1. The van der Waals surface area contributed by atoms with Gasteiger partial charge in [0.25, 0.3) is 0 Å². The van der Waals surface area contributed by atoms with Gasteiger partial charge in [0.2, 0.25) is 0 Å². The summed E-state index contributed by atoms with van der Waals surface area (Å²) in [6, 6.07) is 7.25. The fourth-order valence-corrected chi connectivity index (χ4v) is 1.40. The van der Waals surface area contributed by atoms with E-state index in [2.05, 4.69) is 5.73 Å². The maximum absolute atomic E-state index is 11.2. The molecule has 0 amide bonds. The highest BCUT2D eigenvalue weighted by atomic mass is 35.5. The van der Waals surface area contributed by atoms with Crippen LogP contribution in [0.2, 0.25) is 5.02 Å². The molecule has 1 aromatic carbocycles. The van der Waals surface area contributed by atoms with Gasteiger partial charge in [0.05, 0.1) is 6.61 Å². The van der Waals surface area contributed by atoms with Crippen LogP contribution in [0.4, 0.5) is 0 Å². The second-order valence-corrected chi connectivity index (χ2v) is 4.19. The third-order valence-corrected chi connectivity index (χ3v) is 2.31. The Morgan fingerprint density at radius 1 is 1.37 bits per heavy atom. The smallest absolute Gasteiger partial charge is 0.312 e. The third-order valence-electron chi connectivity index (χ3n) is 2.06. The van der Waals surface area contributed by atoms with E-state index in [1.807, 2.05) is 12.1 Å². The number of aliphatic carboxylic acids is 1. The highest BCUT2D eigenvalue weighted by molar-refractivity contribution is 6.30. The van der Waals surface area contributed by atoms with E-state index in [9.17, 15) is 4.79 Å². The zero-order chi connectivity index (χ0) is 14.8. The Bertz CT molecular complexity index is 402. The fraction of sp³-hybridized carbons (Fsp3) is 0.385. The average Bonchev–Trinajstić information content (AvgIpc) is 2.29. The standard InChI is InChI=1S/C11H14ClNO2.C2H4O2/c1-2-15-11(14)7-10(13)8-3-5-9(12)6-4-8;1-2(3)4/h3-6,10H,2,7,13H2,1H3;1H3,(H,3,4)/t10-;/m0./s1. The second-order valence-electron chi connectivity index (χ2n) is 3.75. The third kappa shape index (κ3) is 9.04. The Morgan fingerprint density at radius 3 is 2.26 bits per heavy atom. The number of ether oxygens (including phenoxy) is 1. The molecule has 0 aromatic heterocycles. The molecule has 0 radical (unpaired) electrons. The molecule has 0 unspecified atom stereocenters. The first-order valence-corrected chi connectivity index (χ1v) is 6.16. The first-order chi connectivity index (χ1) is 8.86. The number of hydrogen-bond acceptors (Lipinski definition) is 4. The summed E-state index contributed by atoms with van der Waals surface area (Å²) in [6.45, 7) is 3.17. The van der Waals surface area contributed by atoms with Crippen molar-refractivity contribution in [3.63, 3.8) is 0 Å². The molecule has 0 spiro atoms. The van der Waals surface area contributed by atoms with Crippen LogP contribution in [0.3, 0.4) is 0 Å². The van der Waals surface area contributed by atoms with Crippen molar-refractivity contribution < 1.29 is 25.2 Å². The molecule has 0 heterocycles. The van der Waals surface area contributed by atoms with Crippen LogP contribution in [0, 0.1) is 0 Å². The van der Waals surface area contributed by atoms with Gasteiger partial charge in [-0.15, -0.1) is 0 Å². The molecule has 106 valence electrons. The van der Waals surface area contributed by atoms with Gasteiger partial charge >= 0.3 is 5.97 Å². The highest BCUT2D eigenvalue weighted by Crippen LogP contribution is 2.16. The minimum absolute atomic E-state index is 0.0821. The van der Waals surface area contributed by atoms with Gasteiger partial charge in [0.1, 0.15) is 12.5 Å². The van der Waals surface area contributed by atoms with Crippen molar-refractivity contribution in [2.75, 3.05) is 6.61 Å². The summed E-state index contributed by atoms with van der Waals surface area (Å²) in [7, 11) is 0. The van der Waals surface area contributed by atoms with Crippen LogP contribution in [0.15, 0.2) is 24.3 Å². The van der Waals surface area contributed by atoms with Gasteiger partial charge in [-0.3, -0.25) is 4.79 Å². The first kappa shape index (κ1) is 17.4. The van der Waals surface area contributed by atoms with Crippen LogP contribution in [-0.2, 0) is 14.3 Å². The summed E-state index contributed by atoms with van der Waals surface area (Å²) in [5, 5.41) is 9.57. The molecule has 3 N–H and O–H groups in total. The molecule has 1 atom stereocenters. The summed E-state index contributed by atoms with van der Waals surface area (Å²) in [4.78, 5) is 20.1. The summed E-state index contributed by atoms with van der Waals surface area (Å²) in [5.74, 6) is -1.30. The van der Waals surface area contributed by atoms with Crippen molar-refractivity contribution in [3.8, 4) is 0 Å². The number of carboxylic acid groups (broad SMARTS) is 1. The van der Waals surface area contributed by atoms with E-state index in [0.717, 1.165) is 12.5 Å². The first-order valence-electron chi connectivity index (χ1n) is 5.78. The molecule has 0 aliphatic carbocycles. The Balaban J connectivity index is 0.000000711. The lowest BCUT2D eigenvalue weighted by Crippen LogP contribution is -2.54. The maximum Gasteiger partial charge on any atom is 0.312 e. The predicted octanol–water partition coefficient (Wildman–Crippen LogP) is 0.332. The van der Waals surface area contributed by atoms with Gasteiger partial charge in [-0.2, -0.15) is 0 Å². The lowest BCUT2D eigenvalue weighted by molar-refractivity contribution is -0.425. The van der Waals surface area contributed by atoms with Crippen LogP contribution < -0.4 is 10.8 Å². The van der Waals surface area contributed by atoms with Gasteiger partial charge in [-0.05, 0) is 26.0 Å². The minimum atomic E-state index is -1.08. The highest BCUT2D eigenvalue weighted by Gasteiger charge is 2.15. The van der Waals surface area contributed by atoms with Crippen LogP contribution in [0.25, 0.3) is 0 Å². The lowest BCUT2D eigenvalue weighted by Gasteiger charge is -2.08. The molecular formula is C13H18ClNO4. The van der Waals surface area contributed by atoms with E-state index in [-0.39, 0.29) is 12.0 Å². The van der Waals surface area contributed by atoms with Crippen molar-refractivity contribution in [2.24, 2.45) is 0 Å². The van der Waals surface area contributed by atoms with Gasteiger partial charge in [0, 0.05) is 16.6 Å². The molecule has 0 saturated heterocycles. The summed E-state index contributed by atoms with van der Waals surface area (Å²) in [5.41, 5.74) is 4.91. The molecular weight excluding hydrogens is 270 g/mol. The zero-order valence-electron chi connectivity index (χ0n) is 11.0. The van der Waals surface area contributed by atoms with Gasteiger partial charge < -0.3 is 20.4 Å². The maximum atomic E-state index is 11.2. The molecule has 1 aromatic rings. The van der Waals surface area contributed by atoms with Crippen LogP contribution in [0.5, 0.6) is 0 Å². The lowest BCUT2D eigenvalue weighted by atomic mass is 10.1. The van der Waals surface area contributed by atoms with Gasteiger partial charge in [0.15, 0.2) is 0 Å². The summed E-state index contributed by atoms with van der Waals surface area (Å²) in [6.07, 6.45) is 0.301. The van der Waals surface area contributed by atoms with E-state index in [4.69, 9.17) is 26.2 Å². The number of benzene rings is 1. The SMILES string of the molecule is CC(=O)[O-].CCOC(=O)C[C@H]([NH3+])c1ccc(Cl)cc1. The number of carbonyl (C=O) groups excluding carboxylic acids is 2. The summed E-state index contributed by atoms with van der Waals surface area (Å²) < 4.78 is 4.85. The summed E-state index contributed by atoms with van der Waals surface area (Å²) >= 11 is 5.76. The van der Waals surface area contributed by atoms with Crippen LogP contribution in [0.1, 0.15) is 31.9 Å². The van der Waals surface area contributed by atoms with Crippen molar-refractivity contribution in [1.82, 2.24) is 0 Å². The van der Waals surface area contributed by atoms with E-state index in [1.165, 1.54) is 0 Å². The number of rotatable bonds is 4. The molecule has 5 nitrogen and oxygen atoms in total. The Morgan fingerprint density at radius 2 is 1.84 bits per heavy atom. The quantitative estimate of drug-likeness (QED) is 0.808. The topological polar surface area (TPSA) is 94.1 Å². The Kier molecular flexibility index (Phi) is 8.57. The van der Waals surface area contributed by atoms with Crippen LogP contribution >= 0.6 is 11.6 Å². The van der Waals surface area contributed by atoms with Gasteiger partial charge in [-0.25, -0.2) is 0 Å². The minimum Gasteiger partial charge on any atom is -0.550 e. The number of carboxylic acids is 1. The average molecular weight is 288 g/mol. The molecule has 0 aliphatic rings. The normalized spacial score (nSPS) is 10.9. The second kappa shape index (κ2) is 9.35. The molecule has 6 heteroatoms. The van der Waals surface area contributed by atoms with Crippen molar-refractivity contribution in [1.29, 1.82) is 0 Å². The largest absolute Gasteiger partial charge is 0.550 e. The zero-order valence-corrected chi connectivity index (χ0v) is 11.8. The Labute approximate surface area is 117 Å².